The van der Waals surface area contributed by atoms with Crippen molar-refractivity contribution in [3.05, 3.63) is 72.2 Å². The first-order valence-electron chi connectivity index (χ1n) is 11.8. The van der Waals surface area contributed by atoms with E-state index < -0.39 is 12.2 Å². The summed E-state index contributed by atoms with van der Waals surface area (Å²) in [6.07, 6.45) is -1.76. The van der Waals surface area contributed by atoms with Crippen LogP contribution in [0.4, 0.5) is 9.59 Å². The van der Waals surface area contributed by atoms with Crippen LogP contribution >= 0.6 is 0 Å². The predicted molar refractivity (Wildman–Crippen MR) is 134 cm³/mol. The van der Waals surface area contributed by atoms with Crippen LogP contribution in [0.1, 0.15) is 11.5 Å². The van der Waals surface area contributed by atoms with Gasteiger partial charge in [-0.1, -0.05) is 10.3 Å². The number of carbonyl (C=O) groups excluding carboxylic acids is 2. The molecule has 4 N–H and O–H groups in total. The molecule has 2 aromatic heterocycles. The second-order valence-corrected chi connectivity index (χ2v) is 7.93. The fraction of sp³-hybridized carbons (Fsp3) is 0.231. The third-order valence-corrected chi connectivity index (χ3v) is 5.12. The molecule has 4 aromatic rings. The monoisotopic (exact) mass is 538 g/mol. The molecule has 0 bridgehead atoms. The first kappa shape index (κ1) is 27.0. The molecule has 0 atom stereocenters. The van der Waals surface area contributed by atoms with Gasteiger partial charge in [0.05, 0.1) is 13.2 Å². The van der Waals surface area contributed by atoms with Gasteiger partial charge in [0, 0.05) is 23.3 Å². The first-order chi connectivity index (χ1) is 19.0. The van der Waals surface area contributed by atoms with Gasteiger partial charge >= 0.3 is 12.2 Å². The molecule has 2 heterocycles. The number of primary amides is 2. The van der Waals surface area contributed by atoms with Crippen molar-refractivity contribution in [3.8, 4) is 34.0 Å². The van der Waals surface area contributed by atoms with E-state index in [1.807, 2.05) is 48.5 Å². The number of amides is 2. The minimum Gasteiger partial charge on any atom is -0.491 e. The number of benzene rings is 2. The highest BCUT2D eigenvalue weighted by Crippen LogP contribution is 2.24. The van der Waals surface area contributed by atoms with Gasteiger partial charge in [0.1, 0.15) is 36.1 Å². The Labute approximate surface area is 222 Å². The molecule has 0 radical (unpaired) electrons. The van der Waals surface area contributed by atoms with Crippen LogP contribution in [0.5, 0.6) is 11.5 Å². The molecule has 13 heteroatoms. The number of carbonyl (C=O) groups is 2. The highest BCUT2D eigenvalue weighted by molar-refractivity contribution is 5.65. The Hall–Kier alpha value is -5.04. The Morgan fingerprint density at radius 3 is 1.44 bits per heavy atom. The summed E-state index contributed by atoms with van der Waals surface area (Å²) < 4.78 is 36.5. The van der Waals surface area contributed by atoms with Gasteiger partial charge in [-0.05, 0) is 48.5 Å². The first-order valence-corrected chi connectivity index (χ1v) is 11.8. The third kappa shape index (κ3) is 8.50. The van der Waals surface area contributed by atoms with Crippen molar-refractivity contribution in [2.45, 2.75) is 13.2 Å². The van der Waals surface area contributed by atoms with E-state index in [2.05, 4.69) is 19.8 Å². The maximum absolute atomic E-state index is 10.7. The zero-order valence-corrected chi connectivity index (χ0v) is 20.7. The van der Waals surface area contributed by atoms with E-state index in [9.17, 15) is 9.59 Å². The standard InChI is InChI=1S/C26H26N4O9/c27-25(31)36-15-21-13-23(29-38-21)17-1-5-19(6-2-17)34-11-9-33-10-12-35-20-7-3-18(4-8-20)24-14-22(39-30-24)16-37-26(28)32/h1-8,13-14H,9-12,15-16H2,(H2,27,31)(H2,28,32). The SMILES string of the molecule is NC(=O)OCc1cc(-c2ccc(OCCOCCOc3ccc(-c4cc(COC(N)=O)on4)cc3)cc2)no1. The van der Waals surface area contributed by atoms with Crippen LogP contribution in [0, 0.1) is 0 Å². The molecule has 0 unspecified atom stereocenters. The zero-order chi connectivity index (χ0) is 27.5. The second-order valence-electron chi connectivity index (χ2n) is 7.93. The molecule has 0 aliphatic rings. The van der Waals surface area contributed by atoms with Gasteiger partial charge < -0.3 is 44.2 Å². The Bertz CT molecular complexity index is 1250. The summed E-state index contributed by atoms with van der Waals surface area (Å²) in [5, 5.41) is 7.89. The van der Waals surface area contributed by atoms with E-state index in [0.717, 1.165) is 11.1 Å². The fourth-order valence-corrected chi connectivity index (χ4v) is 3.30. The average molecular weight is 539 g/mol. The molecule has 39 heavy (non-hydrogen) atoms. The summed E-state index contributed by atoms with van der Waals surface area (Å²) in [7, 11) is 0. The summed E-state index contributed by atoms with van der Waals surface area (Å²) >= 11 is 0. The van der Waals surface area contributed by atoms with E-state index in [4.69, 9.17) is 34.7 Å². The van der Waals surface area contributed by atoms with Crippen molar-refractivity contribution in [1.29, 1.82) is 0 Å². The van der Waals surface area contributed by atoms with Gasteiger partial charge in [-0.2, -0.15) is 0 Å². The molecule has 0 aliphatic carbocycles. The van der Waals surface area contributed by atoms with Crippen LogP contribution < -0.4 is 20.9 Å². The average Bonchev–Trinajstić information content (AvgIpc) is 3.61. The summed E-state index contributed by atoms with van der Waals surface area (Å²) in [6.45, 7) is 1.37. The molecular weight excluding hydrogens is 512 g/mol. The number of hydrogen-bond acceptors (Lipinski definition) is 11. The van der Waals surface area contributed by atoms with E-state index >= 15 is 0 Å². The normalized spacial score (nSPS) is 10.7. The Kier molecular flexibility index (Phi) is 9.34. The van der Waals surface area contributed by atoms with Gasteiger partial charge in [0.15, 0.2) is 24.7 Å². The van der Waals surface area contributed by atoms with Gasteiger partial charge in [-0.3, -0.25) is 0 Å². The molecular formula is C26H26N4O9. The number of ether oxygens (including phenoxy) is 5. The molecule has 2 aromatic carbocycles. The highest BCUT2D eigenvalue weighted by Gasteiger charge is 2.10. The van der Waals surface area contributed by atoms with E-state index in [0.29, 0.717) is 60.8 Å². The molecule has 13 nitrogen and oxygen atoms in total. The minimum atomic E-state index is -0.882. The van der Waals surface area contributed by atoms with Crippen LogP contribution in [-0.2, 0) is 27.4 Å². The Balaban J connectivity index is 1.10. The molecule has 204 valence electrons. The van der Waals surface area contributed by atoms with Crippen LogP contribution in [0.2, 0.25) is 0 Å². The quantitative estimate of drug-likeness (QED) is 0.223. The lowest BCUT2D eigenvalue weighted by Crippen LogP contribution is -2.12. The van der Waals surface area contributed by atoms with Crippen molar-refractivity contribution in [3.63, 3.8) is 0 Å². The minimum absolute atomic E-state index is 0.0797. The number of aromatic nitrogens is 2. The van der Waals surface area contributed by atoms with Gasteiger partial charge in [0.2, 0.25) is 0 Å². The molecule has 2 amide bonds. The highest BCUT2D eigenvalue weighted by atomic mass is 16.6. The van der Waals surface area contributed by atoms with Gasteiger partial charge in [0.25, 0.3) is 0 Å². The van der Waals surface area contributed by atoms with Crippen LogP contribution in [0.15, 0.2) is 69.7 Å². The van der Waals surface area contributed by atoms with Gasteiger partial charge in [-0.15, -0.1) is 0 Å². The molecule has 0 saturated heterocycles. The Morgan fingerprint density at radius 2 is 1.05 bits per heavy atom. The third-order valence-electron chi connectivity index (χ3n) is 5.12. The smallest absolute Gasteiger partial charge is 0.404 e. The van der Waals surface area contributed by atoms with Crippen molar-refractivity contribution in [2.24, 2.45) is 11.5 Å². The van der Waals surface area contributed by atoms with Crippen molar-refractivity contribution in [1.82, 2.24) is 10.3 Å². The van der Waals surface area contributed by atoms with Crippen molar-refractivity contribution >= 4 is 12.2 Å². The topological polar surface area (TPSA) is 184 Å². The van der Waals surface area contributed by atoms with E-state index in [1.54, 1.807) is 12.1 Å². The summed E-state index contributed by atoms with van der Waals surface area (Å²) in [5.41, 5.74) is 12.7. The predicted octanol–water partition coefficient (Wildman–Crippen LogP) is 3.66. The molecule has 0 aliphatic heterocycles. The van der Waals surface area contributed by atoms with E-state index in [1.165, 1.54) is 0 Å². The molecule has 4 rings (SSSR count). The van der Waals surface area contributed by atoms with Crippen molar-refractivity contribution in [2.75, 3.05) is 26.4 Å². The number of rotatable bonds is 14. The van der Waals surface area contributed by atoms with Crippen LogP contribution in [-0.4, -0.2) is 48.9 Å². The van der Waals surface area contributed by atoms with E-state index in [-0.39, 0.29) is 13.2 Å². The largest absolute Gasteiger partial charge is 0.491 e. The zero-order valence-electron chi connectivity index (χ0n) is 20.7. The fourth-order valence-electron chi connectivity index (χ4n) is 3.30. The summed E-state index contributed by atoms with van der Waals surface area (Å²) in [4.78, 5) is 21.4. The van der Waals surface area contributed by atoms with Gasteiger partial charge in [-0.25, -0.2) is 9.59 Å². The number of nitrogens with two attached hydrogens (primary N) is 2. The molecule has 0 fully saturated rings. The lowest BCUT2D eigenvalue weighted by molar-refractivity contribution is 0.0764. The van der Waals surface area contributed by atoms with Crippen molar-refractivity contribution < 1.29 is 42.3 Å². The maximum atomic E-state index is 10.7. The Morgan fingerprint density at radius 1 is 0.641 bits per heavy atom. The summed E-state index contributed by atoms with van der Waals surface area (Å²) in [6, 6.07) is 17.9. The molecule has 0 saturated carbocycles. The maximum Gasteiger partial charge on any atom is 0.404 e. The summed E-state index contributed by atoms with van der Waals surface area (Å²) in [5.74, 6) is 2.13. The molecule has 0 spiro atoms. The van der Waals surface area contributed by atoms with Crippen LogP contribution in [0.3, 0.4) is 0 Å². The lowest BCUT2D eigenvalue weighted by Gasteiger charge is -2.09. The second kappa shape index (κ2) is 13.5. The van der Waals surface area contributed by atoms with Crippen LogP contribution in [0.25, 0.3) is 22.5 Å². The number of nitrogens with zero attached hydrogens (tertiary/aromatic N) is 2. The number of hydrogen-bond donors (Lipinski definition) is 2. The lowest BCUT2D eigenvalue weighted by atomic mass is 10.1.